The average molecular weight is 160 g/mol. The summed E-state index contributed by atoms with van der Waals surface area (Å²) in [5, 5.41) is 0. The van der Waals surface area contributed by atoms with Crippen molar-refractivity contribution in [3.8, 4) is 0 Å². The smallest absolute Gasteiger partial charge is 0.309 e. The van der Waals surface area contributed by atoms with Crippen LogP contribution in [0.15, 0.2) is 0 Å². The molecule has 0 aromatic rings. The van der Waals surface area contributed by atoms with Gasteiger partial charge in [0.05, 0.1) is 0 Å². The lowest BCUT2D eigenvalue weighted by Gasteiger charge is -1.90. The van der Waals surface area contributed by atoms with E-state index >= 15 is 0 Å². The summed E-state index contributed by atoms with van der Waals surface area (Å²) >= 11 is 0. The molecule has 0 heterocycles. The van der Waals surface area contributed by atoms with Crippen LogP contribution in [0.3, 0.4) is 0 Å². The second kappa shape index (κ2) is 12.0. The molecule has 0 saturated heterocycles. The lowest BCUT2D eigenvalue weighted by Crippen LogP contribution is -2.18. The summed E-state index contributed by atoms with van der Waals surface area (Å²) in [5.74, 6) is 0. The third-order valence-corrected chi connectivity index (χ3v) is 1.21. The monoisotopic (exact) mass is 160 g/mol. The van der Waals surface area contributed by atoms with E-state index in [-0.39, 0.29) is 0 Å². The molecule has 0 aliphatic rings. The number of hydrogen-bond donors (Lipinski definition) is 2. The number of carbonyl (C=O) groups is 1. The summed E-state index contributed by atoms with van der Waals surface area (Å²) in [4.78, 5) is 9.00. The molecule has 3 nitrogen and oxygen atoms in total. The molecule has 68 valence electrons. The van der Waals surface area contributed by atoms with Gasteiger partial charge in [-0.15, -0.1) is 0 Å². The minimum Gasteiger partial charge on any atom is -0.352 e. The zero-order valence-corrected chi connectivity index (χ0v) is 7.60. The summed E-state index contributed by atoms with van der Waals surface area (Å²) in [6.07, 6.45) is 7.01. The molecule has 3 heteroatoms. The van der Waals surface area contributed by atoms with Crippen LogP contribution in [-0.2, 0) is 0 Å². The molecule has 0 saturated carbocycles. The van der Waals surface area contributed by atoms with Crippen LogP contribution in [0.2, 0.25) is 0 Å². The molecule has 4 N–H and O–H groups in total. The van der Waals surface area contributed by atoms with Crippen LogP contribution in [0, 0.1) is 0 Å². The maximum atomic E-state index is 9.00. The van der Waals surface area contributed by atoms with Gasteiger partial charge in [-0.05, 0) is 0 Å². The van der Waals surface area contributed by atoms with Gasteiger partial charge >= 0.3 is 6.03 Å². The van der Waals surface area contributed by atoms with Crippen LogP contribution in [0.4, 0.5) is 4.79 Å². The van der Waals surface area contributed by atoms with Crippen molar-refractivity contribution < 1.29 is 4.79 Å². The molecule has 0 aliphatic heterocycles. The van der Waals surface area contributed by atoms with Crippen LogP contribution in [0.25, 0.3) is 0 Å². The lowest BCUT2D eigenvalue weighted by molar-refractivity contribution is 0.256. The van der Waals surface area contributed by atoms with E-state index in [1.807, 2.05) is 0 Å². The fraction of sp³-hybridized carbons (Fsp3) is 0.875. The largest absolute Gasteiger partial charge is 0.352 e. The number of carbonyl (C=O) groups excluding carboxylic acids is 1. The first-order valence-corrected chi connectivity index (χ1v) is 4.20. The van der Waals surface area contributed by atoms with E-state index in [4.69, 9.17) is 4.79 Å². The quantitative estimate of drug-likeness (QED) is 0.607. The van der Waals surface area contributed by atoms with Crippen molar-refractivity contribution in [2.45, 2.75) is 46.0 Å². The highest BCUT2D eigenvalue weighted by Gasteiger charge is 1.80. The Balaban J connectivity index is 0. The molecule has 0 radical (unpaired) electrons. The second-order valence-electron chi connectivity index (χ2n) is 2.46. The zero-order valence-electron chi connectivity index (χ0n) is 7.60. The number of primary amides is 2. The number of amides is 2. The summed E-state index contributed by atoms with van der Waals surface area (Å²) in [6, 6.07) is -0.833. The molecule has 0 spiro atoms. The van der Waals surface area contributed by atoms with Gasteiger partial charge in [-0.3, -0.25) is 0 Å². The van der Waals surface area contributed by atoms with Crippen molar-refractivity contribution in [3.05, 3.63) is 0 Å². The number of unbranched alkanes of at least 4 members (excludes halogenated alkanes) is 4. The van der Waals surface area contributed by atoms with E-state index in [1.54, 1.807) is 0 Å². The molecule has 0 aromatic carbocycles. The highest BCUT2D eigenvalue weighted by Crippen LogP contribution is 2.00. The van der Waals surface area contributed by atoms with E-state index in [9.17, 15) is 0 Å². The third kappa shape index (κ3) is 45.8. The van der Waals surface area contributed by atoms with Gasteiger partial charge in [0.25, 0.3) is 0 Å². The van der Waals surface area contributed by atoms with Crippen LogP contribution in [0.5, 0.6) is 0 Å². The normalized spacial score (nSPS) is 8.18. The summed E-state index contributed by atoms with van der Waals surface area (Å²) in [7, 11) is 0. The summed E-state index contributed by atoms with van der Waals surface area (Å²) < 4.78 is 0. The fourth-order valence-corrected chi connectivity index (χ4v) is 0.677. The van der Waals surface area contributed by atoms with Gasteiger partial charge in [-0.25, -0.2) is 4.79 Å². The highest BCUT2D eigenvalue weighted by molar-refractivity contribution is 5.69. The Kier molecular flexibility index (Phi) is 14.1. The van der Waals surface area contributed by atoms with Crippen molar-refractivity contribution in [2.24, 2.45) is 11.5 Å². The van der Waals surface area contributed by atoms with Gasteiger partial charge in [-0.2, -0.15) is 0 Å². The van der Waals surface area contributed by atoms with Crippen LogP contribution < -0.4 is 11.5 Å². The Morgan fingerprint density at radius 1 is 1.00 bits per heavy atom. The minimum absolute atomic E-state index is 0.833. The molecule has 0 atom stereocenters. The first-order valence-electron chi connectivity index (χ1n) is 4.20. The van der Waals surface area contributed by atoms with E-state index in [0.29, 0.717) is 0 Å². The predicted molar refractivity (Wildman–Crippen MR) is 48.2 cm³/mol. The first kappa shape index (κ1) is 12.9. The number of hydrogen-bond acceptors (Lipinski definition) is 1. The van der Waals surface area contributed by atoms with Crippen LogP contribution >= 0.6 is 0 Å². The molecule has 0 rings (SSSR count). The van der Waals surface area contributed by atoms with Gasteiger partial charge in [0.15, 0.2) is 0 Å². The van der Waals surface area contributed by atoms with Crippen LogP contribution in [-0.4, -0.2) is 6.03 Å². The molecule has 2 amide bonds. The van der Waals surface area contributed by atoms with Gasteiger partial charge < -0.3 is 11.5 Å². The molecule has 0 unspecified atom stereocenters. The van der Waals surface area contributed by atoms with E-state index in [0.717, 1.165) is 0 Å². The average Bonchev–Trinajstić information content (AvgIpc) is 1.88. The SMILES string of the molecule is CCCCCCC.NC(N)=O. The molecule has 11 heavy (non-hydrogen) atoms. The highest BCUT2D eigenvalue weighted by atomic mass is 16.2. The number of urea groups is 1. The Hall–Kier alpha value is -0.730. The van der Waals surface area contributed by atoms with Crippen molar-refractivity contribution in [1.82, 2.24) is 0 Å². The maximum absolute atomic E-state index is 9.00. The summed E-state index contributed by atoms with van der Waals surface area (Å²) in [5.41, 5.74) is 8.50. The Morgan fingerprint density at radius 3 is 1.45 bits per heavy atom. The van der Waals surface area contributed by atoms with Crippen molar-refractivity contribution in [2.75, 3.05) is 0 Å². The van der Waals surface area contributed by atoms with E-state index in [1.165, 1.54) is 32.1 Å². The standard InChI is InChI=1S/C7H16.CH4N2O/c1-3-5-7-6-4-2;2-1(3)4/h3-7H2,1-2H3;(H4,2,3,4). The first-order chi connectivity index (χ1) is 5.15. The maximum Gasteiger partial charge on any atom is 0.309 e. The molecule has 0 bridgehead atoms. The number of nitrogens with two attached hydrogens (primary N) is 2. The van der Waals surface area contributed by atoms with Gasteiger partial charge in [0, 0.05) is 0 Å². The molecule has 0 aliphatic carbocycles. The molecular weight excluding hydrogens is 140 g/mol. The van der Waals surface area contributed by atoms with E-state index in [2.05, 4.69) is 25.3 Å². The predicted octanol–water partition coefficient (Wildman–Crippen LogP) is 2.00. The third-order valence-electron chi connectivity index (χ3n) is 1.21. The fourth-order valence-electron chi connectivity index (χ4n) is 0.677. The molecule has 0 aromatic heterocycles. The van der Waals surface area contributed by atoms with Gasteiger partial charge in [-0.1, -0.05) is 46.0 Å². The van der Waals surface area contributed by atoms with Crippen molar-refractivity contribution >= 4 is 6.03 Å². The molecular formula is C8H20N2O. The number of rotatable bonds is 4. The van der Waals surface area contributed by atoms with Crippen molar-refractivity contribution in [3.63, 3.8) is 0 Å². The lowest BCUT2D eigenvalue weighted by atomic mass is 10.2. The van der Waals surface area contributed by atoms with Gasteiger partial charge in [0.1, 0.15) is 0 Å². The Labute approximate surface area is 69.1 Å². The Bertz CT molecular complexity index is 76.2. The Morgan fingerprint density at radius 2 is 1.27 bits per heavy atom. The van der Waals surface area contributed by atoms with Crippen molar-refractivity contribution in [1.29, 1.82) is 0 Å². The summed E-state index contributed by atoms with van der Waals surface area (Å²) in [6.45, 7) is 4.49. The molecule has 0 fully saturated rings. The van der Waals surface area contributed by atoms with Crippen LogP contribution in [0.1, 0.15) is 46.0 Å². The minimum atomic E-state index is -0.833. The second-order valence-corrected chi connectivity index (χ2v) is 2.46. The van der Waals surface area contributed by atoms with E-state index < -0.39 is 6.03 Å². The zero-order chi connectivity index (χ0) is 9.11. The van der Waals surface area contributed by atoms with Gasteiger partial charge in [0.2, 0.25) is 0 Å². The topological polar surface area (TPSA) is 69.1 Å².